The molecule has 0 spiro atoms. The zero-order valence-electron chi connectivity index (χ0n) is 10.2. The Morgan fingerprint density at radius 3 is 2.33 bits per heavy atom. The van der Waals surface area contributed by atoms with Crippen LogP contribution < -0.4 is 5.32 Å². The molecule has 0 bridgehead atoms. The van der Waals surface area contributed by atoms with Crippen LogP contribution in [-0.4, -0.2) is 37.6 Å². The van der Waals surface area contributed by atoms with Crippen molar-refractivity contribution in [2.75, 3.05) is 26.7 Å². The molecule has 0 aromatic heterocycles. The Morgan fingerprint density at radius 1 is 1.07 bits per heavy atom. The molecule has 1 saturated heterocycles. The Kier molecular flexibility index (Phi) is 4.45. The topological polar surface area (TPSA) is 15.3 Å². The lowest BCUT2D eigenvalue weighted by molar-refractivity contribution is 0.190. The predicted octanol–water partition coefficient (Wildman–Crippen LogP) is 2.25. The smallest absolute Gasteiger partial charge is 0.00884 e. The second-order valence-electron chi connectivity index (χ2n) is 5.34. The van der Waals surface area contributed by atoms with Crippen LogP contribution in [0.2, 0.25) is 0 Å². The van der Waals surface area contributed by atoms with Crippen molar-refractivity contribution >= 4 is 0 Å². The van der Waals surface area contributed by atoms with E-state index in [1.165, 1.54) is 64.6 Å². The van der Waals surface area contributed by atoms with Crippen molar-refractivity contribution in [1.29, 1.82) is 0 Å². The minimum atomic E-state index is 0.785. The summed E-state index contributed by atoms with van der Waals surface area (Å²) in [5.41, 5.74) is 0. The first-order chi connectivity index (χ1) is 7.38. The second-order valence-corrected chi connectivity index (χ2v) is 5.34. The van der Waals surface area contributed by atoms with Crippen molar-refractivity contribution < 1.29 is 0 Å². The molecular weight excluding hydrogens is 184 g/mol. The number of rotatable bonds is 4. The summed E-state index contributed by atoms with van der Waals surface area (Å²) in [6, 6.07) is 0.785. The van der Waals surface area contributed by atoms with Crippen LogP contribution in [0.25, 0.3) is 0 Å². The largest absolute Gasteiger partial charge is 0.317 e. The van der Waals surface area contributed by atoms with E-state index in [-0.39, 0.29) is 0 Å². The van der Waals surface area contributed by atoms with E-state index in [2.05, 4.69) is 17.3 Å². The molecular formula is C13H26N2. The number of piperidine rings is 1. The van der Waals surface area contributed by atoms with E-state index >= 15 is 0 Å². The van der Waals surface area contributed by atoms with Gasteiger partial charge in [-0.15, -0.1) is 0 Å². The van der Waals surface area contributed by atoms with Gasteiger partial charge in [-0.3, -0.25) is 0 Å². The lowest BCUT2D eigenvalue weighted by Crippen LogP contribution is -2.41. The van der Waals surface area contributed by atoms with Gasteiger partial charge < -0.3 is 10.2 Å². The standard InChI is InChI=1S/C13H26N2/c1-14-13-7-10-15(11-8-13)9-6-12-4-2-3-5-12/h12-14H,2-11H2,1H3. The van der Waals surface area contributed by atoms with Crippen molar-refractivity contribution in [3.05, 3.63) is 0 Å². The molecule has 15 heavy (non-hydrogen) atoms. The van der Waals surface area contributed by atoms with Crippen LogP contribution in [0.5, 0.6) is 0 Å². The molecule has 2 heteroatoms. The minimum Gasteiger partial charge on any atom is -0.317 e. The van der Waals surface area contributed by atoms with Crippen LogP contribution in [0.4, 0.5) is 0 Å². The fourth-order valence-electron chi connectivity index (χ4n) is 3.11. The third-order valence-corrected chi connectivity index (χ3v) is 4.32. The number of likely N-dealkylation sites (tertiary alicyclic amines) is 1. The Morgan fingerprint density at radius 2 is 1.73 bits per heavy atom. The molecule has 1 saturated carbocycles. The van der Waals surface area contributed by atoms with Crippen LogP contribution in [0.15, 0.2) is 0 Å². The Bertz CT molecular complexity index is 167. The first-order valence-corrected chi connectivity index (χ1v) is 6.78. The maximum absolute atomic E-state index is 3.39. The van der Waals surface area contributed by atoms with E-state index in [1.807, 2.05) is 0 Å². The van der Waals surface area contributed by atoms with Gasteiger partial charge in [0.15, 0.2) is 0 Å². The molecule has 0 amide bonds. The molecule has 0 aromatic rings. The number of nitrogens with zero attached hydrogens (tertiary/aromatic N) is 1. The summed E-state index contributed by atoms with van der Waals surface area (Å²) in [6.45, 7) is 4.00. The van der Waals surface area contributed by atoms with Gasteiger partial charge in [-0.1, -0.05) is 25.7 Å². The monoisotopic (exact) mass is 210 g/mol. The third-order valence-electron chi connectivity index (χ3n) is 4.32. The van der Waals surface area contributed by atoms with Crippen LogP contribution in [0.1, 0.15) is 44.9 Å². The van der Waals surface area contributed by atoms with Crippen LogP contribution in [0.3, 0.4) is 0 Å². The number of hydrogen-bond acceptors (Lipinski definition) is 2. The highest BCUT2D eigenvalue weighted by Crippen LogP contribution is 2.27. The summed E-state index contributed by atoms with van der Waals surface area (Å²) >= 11 is 0. The van der Waals surface area contributed by atoms with Gasteiger partial charge in [0.25, 0.3) is 0 Å². The average Bonchev–Trinajstić information content (AvgIpc) is 2.80. The van der Waals surface area contributed by atoms with E-state index < -0.39 is 0 Å². The highest BCUT2D eigenvalue weighted by molar-refractivity contribution is 4.77. The molecule has 0 atom stereocenters. The minimum absolute atomic E-state index is 0.785. The van der Waals surface area contributed by atoms with E-state index in [0.29, 0.717) is 0 Å². The Hall–Kier alpha value is -0.0800. The van der Waals surface area contributed by atoms with Crippen molar-refractivity contribution in [2.24, 2.45) is 5.92 Å². The molecule has 1 N–H and O–H groups in total. The number of nitrogens with one attached hydrogen (secondary N) is 1. The van der Waals surface area contributed by atoms with Gasteiger partial charge in [-0.25, -0.2) is 0 Å². The molecule has 1 aliphatic heterocycles. The van der Waals surface area contributed by atoms with Crippen molar-refractivity contribution in [1.82, 2.24) is 10.2 Å². The summed E-state index contributed by atoms with van der Waals surface area (Å²) < 4.78 is 0. The lowest BCUT2D eigenvalue weighted by atomic mass is 10.0. The van der Waals surface area contributed by atoms with E-state index in [9.17, 15) is 0 Å². The quantitative estimate of drug-likeness (QED) is 0.765. The first-order valence-electron chi connectivity index (χ1n) is 6.78. The summed E-state index contributed by atoms with van der Waals surface area (Å²) in [7, 11) is 2.10. The molecule has 2 fully saturated rings. The average molecular weight is 210 g/mol. The molecule has 2 nitrogen and oxygen atoms in total. The van der Waals surface area contributed by atoms with Crippen LogP contribution >= 0.6 is 0 Å². The molecule has 0 unspecified atom stereocenters. The zero-order valence-corrected chi connectivity index (χ0v) is 10.2. The van der Waals surface area contributed by atoms with E-state index in [1.54, 1.807) is 0 Å². The summed E-state index contributed by atoms with van der Waals surface area (Å²) in [5.74, 6) is 1.06. The zero-order chi connectivity index (χ0) is 10.5. The third kappa shape index (κ3) is 3.46. The summed E-state index contributed by atoms with van der Waals surface area (Å²) in [4.78, 5) is 2.67. The van der Waals surface area contributed by atoms with Gasteiger partial charge in [0.2, 0.25) is 0 Å². The maximum Gasteiger partial charge on any atom is 0.00884 e. The van der Waals surface area contributed by atoms with Crippen LogP contribution in [-0.2, 0) is 0 Å². The van der Waals surface area contributed by atoms with Crippen molar-refractivity contribution in [2.45, 2.75) is 51.0 Å². The Labute approximate surface area is 94.4 Å². The molecule has 2 rings (SSSR count). The summed E-state index contributed by atoms with van der Waals surface area (Å²) in [5, 5.41) is 3.39. The lowest BCUT2D eigenvalue weighted by Gasteiger charge is -2.32. The molecule has 88 valence electrons. The molecule has 2 aliphatic rings. The van der Waals surface area contributed by atoms with Crippen LogP contribution in [0, 0.1) is 5.92 Å². The maximum atomic E-state index is 3.39. The molecule has 1 aliphatic carbocycles. The number of hydrogen-bond donors (Lipinski definition) is 1. The summed E-state index contributed by atoms with van der Waals surface area (Å²) in [6.07, 6.45) is 10.2. The molecule has 0 radical (unpaired) electrons. The van der Waals surface area contributed by atoms with Crippen molar-refractivity contribution in [3.8, 4) is 0 Å². The van der Waals surface area contributed by atoms with E-state index in [4.69, 9.17) is 0 Å². The van der Waals surface area contributed by atoms with E-state index in [0.717, 1.165) is 12.0 Å². The fourth-order valence-corrected chi connectivity index (χ4v) is 3.11. The molecule has 1 heterocycles. The highest BCUT2D eigenvalue weighted by Gasteiger charge is 2.20. The van der Waals surface area contributed by atoms with Gasteiger partial charge in [0.05, 0.1) is 0 Å². The SMILES string of the molecule is CNC1CCN(CCC2CCCC2)CC1. The second kappa shape index (κ2) is 5.86. The Balaban J connectivity index is 1.59. The predicted molar refractivity (Wildman–Crippen MR) is 65.1 cm³/mol. The normalized spacial score (nSPS) is 26.2. The van der Waals surface area contributed by atoms with Gasteiger partial charge in [-0.2, -0.15) is 0 Å². The first kappa shape index (κ1) is 11.4. The molecule has 0 aromatic carbocycles. The van der Waals surface area contributed by atoms with Gasteiger partial charge in [0, 0.05) is 6.04 Å². The van der Waals surface area contributed by atoms with Gasteiger partial charge in [0.1, 0.15) is 0 Å². The van der Waals surface area contributed by atoms with Crippen molar-refractivity contribution in [3.63, 3.8) is 0 Å². The highest BCUT2D eigenvalue weighted by atomic mass is 15.1. The van der Waals surface area contributed by atoms with Gasteiger partial charge >= 0.3 is 0 Å². The van der Waals surface area contributed by atoms with Gasteiger partial charge in [-0.05, 0) is 51.9 Å². The fraction of sp³-hybridized carbons (Fsp3) is 1.00.